The number of rotatable bonds is 5. The van der Waals surface area contributed by atoms with Gasteiger partial charge >= 0.3 is 11.7 Å². The predicted octanol–water partition coefficient (Wildman–Crippen LogP) is 3.73. The van der Waals surface area contributed by atoms with E-state index in [0.29, 0.717) is 40.0 Å². The Kier molecular flexibility index (Phi) is 5.82. The number of benzene rings is 1. The van der Waals surface area contributed by atoms with Crippen LogP contribution in [0.5, 0.6) is 0 Å². The zero-order valence-electron chi connectivity index (χ0n) is 18.4. The molecule has 1 aromatic heterocycles. The normalized spacial score (nSPS) is 22.0. The number of hydrogen-bond donors (Lipinski definition) is 1. The quantitative estimate of drug-likeness (QED) is 0.696. The van der Waals surface area contributed by atoms with Crippen LogP contribution in [0.3, 0.4) is 0 Å². The SMILES string of the molecule is C[C@@H]1CN(c2cccc(NC(=O)c3ccc([S+]=O)cc3N3CCC4(CC3)CC4)n2)CCO1. The number of pyridine rings is 1. The summed E-state index contributed by atoms with van der Waals surface area (Å²) in [7, 11) is 0. The first-order valence-electron chi connectivity index (χ1n) is 11.4. The molecule has 5 rings (SSSR count). The Bertz CT molecular complexity index is 1020. The molecule has 32 heavy (non-hydrogen) atoms. The lowest BCUT2D eigenvalue weighted by Crippen LogP contribution is -2.41. The van der Waals surface area contributed by atoms with Crippen molar-refractivity contribution in [3.8, 4) is 0 Å². The van der Waals surface area contributed by atoms with Crippen molar-refractivity contribution >= 4 is 34.9 Å². The molecule has 1 N–H and O–H groups in total. The summed E-state index contributed by atoms with van der Waals surface area (Å²) in [5, 5.41) is 2.97. The number of nitrogens with one attached hydrogen (secondary N) is 1. The third kappa shape index (κ3) is 4.47. The van der Waals surface area contributed by atoms with Gasteiger partial charge < -0.3 is 19.9 Å². The van der Waals surface area contributed by atoms with Crippen molar-refractivity contribution in [3.63, 3.8) is 0 Å². The van der Waals surface area contributed by atoms with Gasteiger partial charge in [0.05, 0.1) is 24.0 Å². The summed E-state index contributed by atoms with van der Waals surface area (Å²) in [6.45, 7) is 6.13. The highest BCUT2D eigenvalue weighted by Crippen LogP contribution is 2.54. The third-order valence-corrected chi connectivity index (χ3v) is 7.42. The van der Waals surface area contributed by atoms with Gasteiger partial charge in [-0.1, -0.05) is 6.07 Å². The fraction of sp³-hybridized carbons (Fsp3) is 0.500. The minimum Gasteiger partial charge on any atom is -0.375 e. The molecule has 1 atom stereocenters. The van der Waals surface area contributed by atoms with Crippen LogP contribution in [-0.4, -0.2) is 49.8 Å². The highest BCUT2D eigenvalue weighted by atomic mass is 32.1. The Morgan fingerprint density at radius 1 is 1.12 bits per heavy atom. The number of piperidine rings is 1. The smallest absolute Gasteiger partial charge is 0.375 e. The van der Waals surface area contributed by atoms with E-state index in [1.165, 1.54) is 12.8 Å². The molecule has 7 nitrogen and oxygen atoms in total. The van der Waals surface area contributed by atoms with Gasteiger partial charge in [0.25, 0.3) is 10.8 Å². The number of carbonyl (C=O) groups excluding carboxylic acids is 1. The molecular formula is C24H29N4O3S+. The van der Waals surface area contributed by atoms with Crippen molar-refractivity contribution in [2.45, 2.75) is 43.6 Å². The Labute approximate surface area is 192 Å². The van der Waals surface area contributed by atoms with Gasteiger partial charge in [-0.15, -0.1) is 0 Å². The summed E-state index contributed by atoms with van der Waals surface area (Å²) in [6, 6.07) is 11.0. The van der Waals surface area contributed by atoms with Gasteiger partial charge in [0.15, 0.2) is 0 Å². The number of amides is 1. The lowest BCUT2D eigenvalue weighted by molar-refractivity contribution is 0.0529. The van der Waals surface area contributed by atoms with Crippen LogP contribution < -0.4 is 15.1 Å². The molecule has 3 heterocycles. The molecule has 3 fully saturated rings. The molecule has 0 unspecified atom stereocenters. The molecule has 0 radical (unpaired) electrons. The van der Waals surface area contributed by atoms with E-state index in [-0.39, 0.29) is 12.0 Å². The maximum Gasteiger partial charge on any atom is 0.505 e. The summed E-state index contributed by atoms with van der Waals surface area (Å²) < 4.78 is 17.1. The Morgan fingerprint density at radius 3 is 2.66 bits per heavy atom. The number of hydrogen-bond acceptors (Lipinski definition) is 6. The summed E-state index contributed by atoms with van der Waals surface area (Å²) in [6.07, 6.45) is 5.13. The molecule has 3 aliphatic rings. The molecule has 0 bridgehead atoms. The molecule has 2 aromatic rings. The fourth-order valence-electron chi connectivity index (χ4n) is 4.79. The second-order valence-corrected chi connectivity index (χ2v) is 9.85. The Morgan fingerprint density at radius 2 is 1.94 bits per heavy atom. The maximum atomic E-state index is 13.3. The minimum absolute atomic E-state index is 0.156. The van der Waals surface area contributed by atoms with Crippen molar-refractivity contribution < 1.29 is 13.7 Å². The third-order valence-electron chi connectivity index (χ3n) is 6.97. The fourth-order valence-corrected chi connectivity index (χ4v) is 5.08. The van der Waals surface area contributed by atoms with E-state index in [1.807, 2.05) is 24.3 Å². The zero-order chi connectivity index (χ0) is 22.1. The highest BCUT2D eigenvalue weighted by molar-refractivity contribution is 7.65. The first kappa shape index (κ1) is 21.3. The van der Waals surface area contributed by atoms with Gasteiger partial charge in [-0.05, 0) is 56.2 Å². The number of anilines is 3. The molecule has 1 spiro atoms. The van der Waals surface area contributed by atoms with Gasteiger partial charge in [0.2, 0.25) is 0 Å². The molecule has 2 saturated heterocycles. The van der Waals surface area contributed by atoms with Gasteiger partial charge in [0, 0.05) is 42.5 Å². The summed E-state index contributed by atoms with van der Waals surface area (Å²) >= 11 is 0.465. The lowest BCUT2D eigenvalue weighted by Gasteiger charge is -2.34. The molecule has 1 aromatic carbocycles. The highest BCUT2D eigenvalue weighted by Gasteiger charge is 2.44. The first-order valence-corrected chi connectivity index (χ1v) is 12.1. The van der Waals surface area contributed by atoms with Crippen LogP contribution >= 0.6 is 0 Å². The number of aromatic nitrogens is 1. The van der Waals surface area contributed by atoms with Crippen LogP contribution in [0.4, 0.5) is 17.3 Å². The van der Waals surface area contributed by atoms with E-state index in [2.05, 4.69) is 27.0 Å². The van der Waals surface area contributed by atoms with Crippen molar-refractivity contribution in [1.29, 1.82) is 0 Å². The molecule has 1 saturated carbocycles. The van der Waals surface area contributed by atoms with Gasteiger partial charge in [-0.3, -0.25) is 4.79 Å². The van der Waals surface area contributed by atoms with Gasteiger partial charge in [-0.2, -0.15) is 0 Å². The lowest BCUT2D eigenvalue weighted by atomic mass is 9.93. The summed E-state index contributed by atoms with van der Waals surface area (Å²) in [5.41, 5.74) is 1.98. The van der Waals surface area contributed by atoms with E-state index in [0.717, 1.165) is 50.5 Å². The number of nitrogens with zero attached hydrogens (tertiary/aromatic N) is 3. The van der Waals surface area contributed by atoms with E-state index >= 15 is 0 Å². The van der Waals surface area contributed by atoms with E-state index in [4.69, 9.17) is 4.74 Å². The van der Waals surface area contributed by atoms with Crippen molar-refractivity contribution in [2.24, 2.45) is 5.41 Å². The molecule has 168 valence electrons. The number of ether oxygens (including phenoxy) is 1. The van der Waals surface area contributed by atoms with Crippen LogP contribution in [0.2, 0.25) is 0 Å². The second kappa shape index (κ2) is 8.75. The topological polar surface area (TPSA) is 74.8 Å². The van der Waals surface area contributed by atoms with Gasteiger partial charge in [-0.25, -0.2) is 4.98 Å². The number of carbonyl (C=O) groups is 1. The van der Waals surface area contributed by atoms with Crippen LogP contribution in [0, 0.1) is 5.41 Å². The Balaban J connectivity index is 1.35. The molecule has 2 aliphatic heterocycles. The van der Waals surface area contributed by atoms with Crippen LogP contribution in [0.1, 0.15) is 43.0 Å². The summed E-state index contributed by atoms with van der Waals surface area (Å²) in [4.78, 5) is 23.0. The standard InChI is InChI=1S/C24H28N4O3S/c1-17-16-28(13-14-31-17)22-4-2-3-21(25-22)26-23(29)19-6-5-18(32-30)15-20(19)27-11-9-24(7-8-24)10-12-27/h2-6,15,17H,7-14,16H2,1H3/p+1/t17-/m1/s1. The van der Waals surface area contributed by atoms with Crippen molar-refractivity contribution in [1.82, 2.24) is 4.98 Å². The monoisotopic (exact) mass is 453 g/mol. The predicted molar refractivity (Wildman–Crippen MR) is 126 cm³/mol. The molecular weight excluding hydrogens is 424 g/mol. The second-order valence-electron chi connectivity index (χ2n) is 9.21. The molecule has 1 aliphatic carbocycles. The average molecular weight is 454 g/mol. The Hall–Kier alpha value is -2.58. The molecule has 1 amide bonds. The summed E-state index contributed by atoms with van der Waals surface area (Å²) in [5.74, 6) is 1.16. The van der Waals surface area contributed by atoms with E-state index < -0.39 is 0 Å². The zero-order valence-corrected chi connectivity index (χ0v) is 19.2. The largest absolute Gasteiger partial charge is 0.505 e. The van der Waals surface area contributed by atoms with E-state index in [1.54, 1.807) is 12.1 Å². The van der Waals surface area contributed by atoms with Crippen molar-refractivity contribution in [3.05, 3.63) is 42.0 Å². The average Bonchev–Trinajstić information content (AvgIpc) is 3.58. The van der Waals surface area contributed by atoms with Gasteiger partial charge in [0.1, 0.15) is 11.6 Å². The van der Waals surface area contributed by atoms with Crippen LogP contribution in [0.25, 0.3) is 0 Å². The van der Waals surface area contributed by atoms with Crippen LogP contribution in [0.15, 0.2) is 41.3 Å². The maximum absolute atomic E-state index is 13.3. The first-order chi connectivity index (χ1) is 15.5. The minimum atomic E-state index is -0.200. The number of morpholine rings is 1. The van der Waals surface area contributed by atoms with Crippen LogP contribution in [-0.2, 0) is 20.6 Å². The molecule has 8 heteroatoms. The van der Waals surface area contributed by atoms with Crippen molar-refractivity contribution in [2.75, 3.05) is 47.9 Å². The van der Waals surface area contributed by atoms with E-state index in [9.17, 15) is 9.00 Å².